The highest BCUT2D eigenvalue weighted by Gasteiger charge is 2.28. The highest BCUT2D eigenvalue weighted by molar-refractivity contribution is 7.89. The number of nitrogens with one attached hydrogen (secondary N) is 1. The van der Waals surface area contributed by atoms with Crippen molar-refractivity contribution in [3.05, 3.63) is 59.7 Å². The molecule has 2 aromatic heterocycles. The fourth-order valence-electron chi connectivity index (χ4n) is 3.80. The van der Waals surface area contributed by atoms with Crippen LogP contribution in [0.4, 0.5) is 5.82 Å². The second kappa shape index (κ2) is 10.6. The van der Waals surface area contributed by atoms with Gasteiger partial charge < -0.3 is 19.4 Å². The molecule has 0 spiro atoms. The number of anilines is 1. The molecule has 2 aromatic carbocycles. The van der Waals surface area contributed by atoms with Crippen molar-refractivity contribution in [2.75, 3.05) is 39.7 Å². The SMILES string of the molecule is CCOC(=O)c1c(NC(=O)c2ccc(S(=O)(=O)N(C)C)cc2)n(CCOC)c2nc3ccccc3nc12. The number of hydrogen-bond acceptors (Lipinski definition) is 8. The summed E-state index contributed by atoms with van der Waals surface area (Å²) in [5, 5.41) is 2.80. The topological polar surface area (TPSA) is 133 Å². The number of methoxy groups -OCH3 is 1. The van der Waals surface area contributed by atoms with Crippen molar-refractivity contribution in [2.45, 2.75) is 18.4 Å². The summed E-state index contributed by atoms with van der Waals surface area (Å²) in [4.78, 5) is 35.8. The Balaban J connectivity index is 1.84. The van der Waals surface area contributed by atoms with E-state index in [1.54, 1.807) is 30.7 Å². The number of nitrogens with zero attached hydrogens (tertiary/aromatic N) is 4. The lowest BCUT2D eigenvalue weighted by atomic mass is 10.2. The van der Waals surface area contributed by atoms with Crippen molar-refractivity contribution in [2.24, 2.45) is 0 Å². The molecule has 0 radical (unpaired) electrons. The van der Waals surface area contributed by atoms with Crippen LogP contribution in [0, 0.1) is 0 Å². The van der Waals surface area contributed by atoms with Crippen LogP contribution < -0.4 is 5.32 Å². The number of sulfonamides is 1. The fraction of sp³-hybridized carbons (Fsp3) is 0.280. The maximum Gasteiger partial charge on any atom is 0.344 e. The number of esters is 1. The van der Waals surface area contributed by atoms with Gasteiger partial charge in [0.25, 0.3) is 5.91 Å². The number of para-hydroxylation sites is 2. The van der Waals surface area contributed by atoms with Gasteiger partial charge in [-0.05, 0) is 43.3 Å². The summed E-state index contributed by atoms with van der Waals surface area (Å²) < 4.78 is 38.0. The van der Waals surface area contributed by atoms with Gasteiger partial charge in [-0.2, -0.15) is 0 Å². The average Bonchev–Trinajstić information content (AvgIpc) is 3.17. The normalized spacial score (nSPS) is 11.8. The van der Waals surface area contributed by atoms with Gasteiger partial charge in [-0.1, -0.05) is 12.1 Å². The Morgan fingerprint density at radius 3 is 2.27 bits per heavy atom. The Morgan fingerprint density at radius 1 is 1.03 bits per heavy atom. The molecule has 0 saturated carbocycles. The number of benzene rings is 2. The van der Waals surface area contributed by atoms with Gasteiger partial charge in [0.15, 0.2) is 5.65 Å². The van der Waals surface area contributed by atoms with Crippen molar-refractivity contribution in [3.8, 4) is 0 Å². The second-order valence-corrected chi connectivity index (χ2v) is 10.4. The first-order valence-corrected chi connectivity index (χ1v) is 12.9. The lowest BCUT2D eigenvalue weighted by molar-refractivity contribution is 0.0529. The third-order valence-electron chi connectivity index (χ3n) is 5.68. The molecule has 4 rings (SSSR count). The molecular formula is C25H27N5O6S. The average molecular weight is 526 g/mol. The molecule has 0 unspecified atom stereocenters. The molecule has 37 heavy (non-hydrogen) atoms. The van der Waals surface area contributed by atoms with E-state index in [4.69, 9.17) is 14.5 Å². The standard InChI is InChI=1S/C25H27N5O6S/c1-5-36-25(32)20-21-23(27-19-9-7-6-8-18(19)26-21)30(14-15-35-4)22(20)28-24(31)16-10-12-17(13-11-16)37(33,34)29(2)3/h6-13H,5,14-15H2,1-4H3,(H,28,31). The molecule has 194 valence electrons. The molecular weight excluding hydrogens is 498 g/mol. The van der Waals surface area contributed by atoms with Gasteiger partial charge in [0.1, 0.15) is 16.9 Å². The molecule has 12 heteroatoms. The quantitative estimate of drug-likeness (QED) is 0.330. The van der Waals surface area contributed by atoms with Crippen molar-refractivity contribution < 1.29 is 27.5 Å². The number of aromatic nitrogens is 3. The molecule has 1 amide bonds. The molecule has 0 aliphatic heterocycles. The number of ether oxygens (including phenoxy) is 2. The summed E-state index contributed by atoms with van der Waals surface area (Å²) in [6.45, 7) is 2.36. The lowest BCUT2D eigenvalue weighted by Gasteiger charge is -2.13. The van der Waals surface area contributed by atoms with Crippen molar-refractivity contribution >= 4 is 49.9 Å². The third kappa shape index (κ3) is 5.03. The first kappa shape index (κ1) is 26.2. The number of hydrogen-bond donors (Lipinski definition) is 1. The summed E-state index contributed by atoms with van der Waals surface area (Å²) in [5.41, 5.74) is 2.16. The highest BCUT2D eigenvalue weighted by Crippen LogP contribution is 2.31. The van der Waals surface area contributed by atoms with Crippen LogP contribution in [0.5, 0.6) is 0 Å². The molecule has 0 fully saturated rings. The van der Waals surface area contributed by atoms with Gasteiger partial charge in [-0.15, -0.1) is 0 Å². The van der Waals surface area contributed by atoms with Crippen LogP contribution in [0.15, 0.2) is 53.4 Å². The zero-order valence-electron chi connectivity index (χ0n) is 20.9. The van der Waals surface area contributed by atoms with Gasteiger partial charge in [0.05, 0.1) is 29.1 Å². The molecule has 2 heterocycles. The Bertz CT molecular complexity index is 1580. The molecule has 0 saturated heterocycles. The molecule has 0 bridgehead atoms. The monoisotopic (exact) mass is 525 g/mol. The Morgan fingerprint density at radius 2 is 1.68 bits per heavy atom. The third-order valence-corrected chi connectivity index (χ3v) is 7.51. The Hall–Kier alpha value is -3.87. The largest absolute Gasteiger partial charge is 0.462 e. The highest BCUT2D eigenvalue weighted by atomic mass is 32.2. The predicted octanol–water partition coefficient (Wildman–Crippen LogP) is 2.91. The molecule has 0 atom stereocenters. The Kier molecular flexibility index (Phi) is 7.52. The maximum atomic E-state index is 13.3. The number of carbonyl (C=O) groups is 2. The van der Waals surface area contributed by atoms with Gasteiger partial charge in [0, 0.05) is 33.3 Å². The van der Waals surface area contributed by atoms with Crippen LogP contribution in [0.1, 0.15) is 27.6 Å². The van der Waals surface area contributed by atoms with Crippen LogP contribution in [0.3, 0.4) is 0 Å². The predicted molar refractivity (Wildman–Crippen MR) is 138 cm³/mol. The number of fused-ring (bicyclic) bond motifs is 2. The smallest absolute Gasteiger partial charge is 0.344 e. The van der Waals surface area contributed by atoms with E-state index in [9.17, 15) is 18.0 Å². The summed E-state index contributed by atoms with van der Waals surface area (Å²) in [6.07, 6.45) is 0. The van der Waals surface area contributed by atoms with Crippen LogP contribution in [-0.2, 0) is 26.0 Å². The van der Waals surface area contributed by atoms with Crippen molar-refractivity contribution in [1.29, 1.82) is 0 Å². The summed E-state index contributed by atoms with van der Waals surface area (Å²) >= 11 is 0. The number of carbonyl (C=O) groups excluding carboxylic acids is 2. The van der Waals surface area contributed by atoms with E-state index in [2.05, 4.69) is 10.3 Å². The van der Waals surface area contributed by atoms with Crippen LogP contribution in [0.2, 0.25) is 0 Å². The van der Waals surface area contributed by atoms with E-state index in [1.165, 1.54) is 38.4 Å². The van der Waals surface area contributed by atoms with Gasteiger partial charge in [-0.25, -0.2) is 27.5 Å². The van der Waals surface area contributed by atoms with E-state index < -0.39 is 21.9 Å². The zero-order valence-corrected chi connectivity index (χ0v) is 21.7. The van der Waals surface area contributed by atoms with E-state index in [-0.39, 0.29) is 47.1 Å². The van der Waals surface area contributed by atoms with Gasteiger partial charge >= 0.3 is 5.97 Å². The van der Waals surface area contributed by atoms with E-state index in [1.807, 2.05) is 12.1 Å². The fourth-order valence-corrected chi connectivity index (χ4v) is 4.70. The Labute approximate surface area is 214 Å². The van der Waals surface area contributed by atoms with Gasteiger partial charge in [0.2, 0.25) is 10.0 Å². The first-order valence-electron chi connectivity index (χ1n) is 11.5. The van der Waals surface area contributed by atoms with Crippen molar-refractivity contribution in [3.63, 3.8) is 0 Å². The first-order chi connectivity index (χ1) is 17.7. The van der Waals surface area contributed by atoms with Gasteiger partial charge in [-0.3, -0.25) is 4.79 Å². The summed E-state index contributed by atoms with van der Waals surface area (Å²) in [7, 11) is 0.748. The summed E-state index contributed by atoms with van der Waals surface area (Å²) in [6, 6.07) is 12.8. The van der Waals surface area contributed by atoms with E-state index in [0.717, 1.165) is 4.31 Å². The molecule has 4 aromatic rings. The molecule has 11 nitrogen and oxygen atoms in total. The minimum atomic E-state index is -3.65. The van der Waals surface area contributed by atoms with Crippen molar-refractivity contribution in [1.82, 2.24) is 18.8 Å². The molecule has 1 N–H and O–H groups in total. The lowest BCUT2D eigenvalue weighted by Crippen LogP contribution is -2.22. The zero-order chi connectivity index (χ0) is 26.7. The molecule has 0 aliphatic rings. The number of rotatable bonds is 9. The minimum absolute atomic E-state index is 0.0514. The molecule has 0 aliphatic carbocycles. The summed E-state index contributed by atoms with van der Waals surface area (Å²) in [5.74, 6) is -1.04. The second-order valence-electron chi connectivity index (χ2n) is 8.24. The van der Waals surface area contributed by atoms with E-state index in [0.29, 0.717) is 16.7 Å². The van der Waals surface area contributed by atoms with Crippen LogP contribution in [0.25, 0.3) is 22.2 Å². The number of amides is 1. The minimum Gasteiger partial charge on any atom is -0.462 e. The van der Waals surface area contributed by atoms with E-state index >= 15 is 0 Å². The van der Waals surface area contributed by atoms with Crippen LogP contribution >= 0.6 is 0 Å². The maximum absolute atomic E-state index is 13.3. The van der Waals surface area contributed by atoms with Crippen LogP contribution in [-0.4, -0.2) is 73.6 Å².